The first-order valence-corrected chi connectivity index (χ1v) is 43.8. The molecule has 0 aromatic carbocycles. The standard InChI is InChI=1S/C79H154O17P2/c1-8-9-10-11-12-13-14-27-33-40-48-55-62-78(83)96-75(67-90-77(82)61-54-47-42-35-38-45-52-59-72(6)7)69-94-98(87,88)92-65-73(80)64-91-97(85,86)93-68-74(95-79(84)63-56-49-41-34-29-24-20-16-18-22-26-31-37-44-51-58-71(4)5)66-89-76(81)60-53-46-39-32-28-23-19-15-17-21-25-30-36-43-50-57-70(2)3/h70-75,80H,8-69H2,1-7H3,(H,85,86)(H,87,88)/t73-,74-,75-/m1/s1. The second-order valence-electron chi connectivity index (χ2n) is 29.9. The number of carbonyl (C=O) groups is 4. The monoisotopic (exact) mass is 1440 g/mol. The van der Waals surface area contributed by atoms with Gasteiger partial charge in [-0.25, -0.2) is 9.13 Å². The molecule has 0 aliphatic rings. The number of aliphatic hydroxyl groups excluding tert-OH is 1. The molecule has 0 radical (unpaired) electrons. The summed E-state index contributed by atoms with van der Waals surface area (Å²) in [6.45, 7) is 11.9. The van der Waals surface area contributed by atoms with Gasteiger partial charge in [-0.3, -0.25) is 37.3 Å². The fraction of sp³-hybridized carbons (Fsp3) is 0.949. The number of aliphatic hydroxyl groups is 1. The molecule has 0 aromatic heterocycles. The third-order valence-corrected chi connectivity index (χ3v) is 20.3. The van der Waals surface area contributed by atoms with Crippen molar-refractivity contribution in [3.63, 3.8) is 0 Å². The molecule has 0 saturated heterocycles. The summed E-state index contributed by atoms with van der Waals surface area (Å²) in [6, 6.07) is 0. The van der Waals surface area contributed by atoms with Crippen molar-refractivity contribution in [2.45, 2.75) is 426 Å². The van der Waals surface area contributed by atoms with E-state index in [2.05, 4.69) is 48.5 Å². The van der Waals surface area contributed by atoms with Gasteiger partial charge in [-0.15, -0.1) is 0 Å². The first-order valence-electron chi connectivity index (χ1n) is 40.8. The maximum Gasteiger partial charge on any atom is 0.472 e. The van der Waals surface area contributed by atoms with Crippen molar-refractivity contribution >= 4 is 39.5 Å². The summed E-state index contributed by atoms with van der Waals surface area (Å²) in [7, 11) is -9.92. The van der Waals surface area contributed by atoms with Gasteiger partial charge in [-0.1, -0.05) is 357 Å². The van der Waals surface area contributed by atoms with E-state index < -0.39 is 97.5 Å². The predicted octanol–water partition coefficient (Wildman–Crippen LogP) is 23.4. The number of phosphoric ester groups is 2. The quantitative estimate of drug-likeness (QED) is 0.0222. The zero-order valence-corrected chi connectivity index (χ0v) is 66.0. The Morgan fingerprint density at radius 3 is 0.694 bits per heavy atom. The van der Waals surface area contributed by atoms with Gasteiger partial charge in [0.15, 0.2) is 12.2 Å². The third kappa shape index (κ3) is 72.4. The molecule has 2 unspecified atom stereocenters. The second kappa shape index (κ2) is 69.4. The van der Waals surface area contributed by atoms with Crippen LogP contribution in [0.2, 0.25) is 0 Å². The average molecular weight is 1440 g/mol. The van der Waals surface area contributed by atoms with Gasteiger partial charge < -0.3 is 33.8 Å². The average Bonchev–Trinajstić information content (AvgIpc) is 0.976. The Morgan fingerprint density at radius 1 is 0.276 bits per heavy atom. The van der Waals surface area contributed by atoms with E-state index in [0.717, 1.165) is 108 Å². The highest BCUT2D eigenvalue weighted by Crippen LogP contribution is 2.45. The summed E-state index contributed by atoms with van der Waals surface area (Å²) < 4.78 is 68.6. The molecule has 0 spiro atoms. The summed E-state index contributed by atoms with van der Waals surface area (Å²) >= 11 is 0. The number of hydrogen-bond donors (Lipinski definition) is 3. The van der Waals surface area contributed by atoms with E-state index in [1.165, 1.54) is 212 Å². The van der Waals surface area contributed by atoms with Crippen molar-refractivity contribution in [2.24, 2.45) is 17.8 Å². The molecule has 582 valence electrons. The molecule has 0 saturated carbocycles. The highest BCUT2D eigenvalue weighted by Gasteiger charge is 2.30. The van der Waals surface area contributed by atoms with Crippen LogP contribution in [0, 0.1) is 17.8 Å². The largest absolute Gasteiger partial charge is 0.472 e. The number of unbranched alkanes of at least 4 members (excludes halogenated alkanes) is 45. The molecule has 3 N–H and O–H groups in total. The number of rotatable bonds is 77. The van der Waals surface area contributed by atoms with Crippen LogP contribution in [0.4, 0.5) is 0 Å². The molecular formula is C79H154O17P2. The van der Waals surface area contributed by atoms with Gasteiger partial charge in [0.1, 0.15) is 19.3 Å². The lowest BCUT2D eigenvalue weighted by atomic mass is 10.0. The Hall–Kier alpha value is -1.94. The van der Waals surface area contributed by atoms with Crippen LogP contribution in [0.25, 0.3) is 0 Å². The van der Waals surface area contributed by atoms with Gasteiger partial charge in [0, 0.05) is 25.7 Å². The first kappa shape index (κ1) is 96.1. The normalized spacial score (nSPS) is 14.0. The van der Waals surface area contributed by atoms with Crippen LogP contribution >= 0.6 is 15.6 Å². The molecular weight excluding hydrogens is 1280 g/mol. The molecule has 0 aliphatic heterocycles. The van der Waals surface area contributed by atoms with Gasteiger partial charge >= 0.3 is 39.5 Å². The Morgan fingerprint density at radius 2 is 0.469 bits per heavy atom. The second-order valence-corrected chi connectivity index (χ2v) is 32.8. The van der Waals surface area contributed by atoms with Crippen molar-refractivity contribution in [1.82, 2.24) is 0 Å². The third-order valence-electron chi connectivity index (χ3n) is 18.4. The van der Waals surface area contributed by atoms with Crippen molar-refractivity contribution in [2.75, 3.05) is 39.6 Å². The molecule has 0 heterocycles. The molecule has 5 atom stereocenters. The fourth-order valence-corrected chi connectivity index (χ4v) is 13.7. The van der Waals surface area contributed by atoms with E-state index in [9.17, 15) is 43.2 Å². The van der Waals surface area contributed by atoms with Crippen molar-refractivity contribution in [3.8, 4) is 0 Å². The molecule has 0 bridgehead atoms. The number of esters is 4. The summed E-state index contributed by atoms with van der Waals surface area (Å²) in [5.74, 6) is 0.201. The van der Waals surface area contributed by atoms with Crippen LogP contribution in [-0.2, 0) is 65.4 Å². The van der Waals surface area contributed by atoms with Crippen LogP contribution in [0.3, 0.4) is 0 Å². The highest BCUT2D eigenvalue weighted by molar-refractivity contribution is 7.47. The Labute approximate surface area is 600 Å². The van der Waals surface area contributed by atoms with Gasteiger partial charge in [0.25, 0.3) is 0 Å². The van der Waals surface area contributed by atoms with Crippen molar-refractivity contribution in [1.29, 1.82) is 0 Å². The van der Waals surface area contributed by atoms with E-state index in [0.29, 0.717) is 31.6 Å². The van der Waals surface area contributed by atoms with Crippen LogP contribution in [0.15, 0.2) is 0 Å². The molecule has 17 nitrogen and oxygen atoms in total. The zero-order valence-electron chi connectivity index (χ0n) is 64.3. The smallest absolute Gasteiger partial charge is 0.462 e. The number of carbonyl (C=O) groups excluding carboxylic acids is 4. The summed E-state index contributed by atoms with van der Waals surface area (Å²) in [4.78, 5) is 72.9. The number of hydrogen-bond acceptors (Lipinski definition) is 15. The topological polar surface area (TPSA) is 237 Å². The summed E-state index contributed by atoms with van der Waals surface area (Å²) in [5.41, 5.74) is 0. The molecule has 0 fully saturated rings. The van der Waals surface area contributed by atoms with Gasteiger partial charge in [0.05, 0.1) is 26.4 Å². The van der Waals surface area contributed by atoms with Gasteiger partial charge in [0.2, 0.25) is 0 Å². The van der Waals surface area contributed by atoms with E-state index in [1.807, 2.05) is 0 Å². The Kier molecular flexibility index (Phi) is 68.1. The SMILES string of the molecule is CCCCCCCCCCCCCCC(=O)O[C@H](COC(=O)CCCCCCCCCC(C)C)COP(=O)(O)OC[C@H](O)COP(=O)(O)OC[C@@H](COC(=O)CCCCCCCCCCCCCCCCCC(C)C)OC(=O)CCCCCCCCCCCCCCCCCC(C)C. The maximum absolute atomic E-state index is 13.1. The maximum atomic E-state index is 13.1. The molecule has 0 rings (SSSR count). The fourth-order valence-electron chi connectivity index (χ4n) is 12.1. The van der Waals surface area contributed by atoms with E-state index >= 15 is 0 Å². The van der Waals surface area contributed by atoms with Crippen molar-refractivity contribution < 1.29 is 80.2 Å². The van der Waals surface area contributed by atoms with Crippen LogP contribution in [0.1, 0.15) is 408 Å². The van der Waals surface area contributed by atoms with E-state index in [1.54, 1.807) is 0 Å². The molecule has 98 heavy (non-hydrogen) atoms. The van der Waals surface area contributed by atoms with Crippen molar-refractivity contribution in [3.05, 3.63) is 0 Å². The minimum Gasteiger partial charge on any atom is -0.462 e. The number of phosphoric acid groups is 2. The predicted molar refractivity (Wildman–Crippen MR) is 400 cm³/mol. The summed E-state index contributed by atoms with van der Waals surface area (Å²) in [6.07, 6.45) is 56.9. The van der Waals surface area contributed by atoms with E-state index in [4.69, 9.17) is 37.0 Å². The van der Waals surface area contributed by atoms with Gasteiger partial charge in [-0.2, -0.15) is 0 Å². The highest BCUT2D eigenvalue weighted by atomic mass is 31.2. The molecule has 0 amide bonds. The van der Waals surface area contributed by atoms with Gasteiger partial charge in [-0.05, 0) is 43.4 Å². The lowest BCUT2D eigenvalue weighted by Gasteiger charge is -2.21. The Balaban J connectivity index is 5.23. The minimum absolute atomic E-state index is 0.106. The first-order chi connectivity index (χ1) is 47.2. The summed E-state index contributed by atoms with van der Waals surface area (Å²) in [5, 5.41) is 10.6. The molecule has 0 aliphatic carbocycles. The van der Waals surface area contributed by atoms with Crippen LogP contribution in [0.5, 0.6) is 0 Å². The Bertz CT molecular complexity index is 1900. The lowest BCUT2D eigenvalue weighted by Crippen LogP contribution is -2.30. The molecule has 19 heteroatoms. The zero-order chi connectivity index (χ0) is 72.3. The molecule has 0 aromatic rings. The van der Waals surface area contributed by atoms with Crippen LogP contribution < -0.4 is 0 Å². The van der Waals surface area contributed by atoms with Crippen LogP contribution in [-0.4, -0.2) is 96.7 Å². The number of ether oxygens (including phenoxy) is 4. The van der Waals surface area contributed by atoms with E-state index in [-0.39, 0.29) is 25.7 Å². The lowest BCUT2D eigenvalue weighted by molar-refractivity contribution is -0.161. The minimum atomic E-state index is -4.96.